The first-order chi connectivity index (χ1) is 28.8. The van der Waals surface area contributed by atoms with Crippen molar-refractivity contribution in [2.75, 3.05) is 67.6 Å². The number of ketones is 1. The molecule has 0 amide bonds. The first kappa shape index (κ1) is 58.8. The van der Waals surface area contributed by atoms with Crippen LogP contribution in [0.4, 0.5) is 0 Å². The van der Waals surface area contributed by atoms with Gasteiger partial charge in [-0.1, -0.05) is 39.0 Å². The Bertz CT molecular complexity index is 1610. The normalized spacial score (nSPS) is 28.3. The molecule has 0 unspecified atom stereocenters. The molecule has 0 aromatic rings. The van der Waals surface area contributed by atoms with Crippen molar-refractivity contribution in [3.8, 4) is 0 Å². The van der Waals surface area contributed by atoms with Crippen LogP contribution in [0.1, 0.15) is 124 Å². The smallest absolute Gasteiger partial charge is 0.333 e. The number of hydrogen-bond donors (Lipinski definition) is 1. The number of quaternary nitrogens is 3. The molecule has 6 rings (SSSR count). The fourth-order valence-electron chi connectivity index (χ4n) is 9.60. The Morgan fingerprint density at radius 3 is 1.25 bits per heavy atom. The minimum atomic E-state index is -4.41. The quantitative estimate of drug-likeness (QED) is 0.0958. The number of likely N-dealkylation sites (tertiary alicyclic amines) is 3. The summed E-state index contributed by atoms with van der Waals surface area (Å²) in [5.74, 6) is 0.425. The van der Waals surface area contributed by atoms with Gasteiger partial charge in [0.25, 0.3) is 0 Å². The number of nitrogens with zero attached hydrogens (tertiary/aromatic N) is 2. The van der Waals surface area contributed by atoms with Gasteiger partial charge in [-0.2, -0.15) is 0 Å². The van der Waals surface area contributed by atoms with Crippen LogP contribution in [0.25, 0.3) is 0 Å². The molecule has 3 aliphatic carbocycles. The van der Waals surface area contributed by atoms with Crippen LogP contribution < -0.4 is 17.3 Å². The maximum Gasteiger partial charge on any atom is 0.333 e. The van der Waals surface area contributed by atoms with Gasteiger partial charge in [0.2, 0.25) is 20.8 Å². The lowest BCUT2D eigenvalue weighted by molar-refractivity contribution is -0.979. The lowest BCUT2D eigenvalue weighted by Gasteiger charge is -2.53. The molecular formula is C44H78ClN3O13S2. The van der Waals surface area contributed by atoms with E-state index in [0.717, 1.165) is 75.0 Å². The second-order valence-electron chi connectivity index (χ2n) is 18.7. The average molecular weight is 957 g/mol. The number of rotatable bonds is 12. The van der Waals surface area contributed by atoms with Crippen LogP contribution in [-0.4, -0.2) is 151 Å². The number of carbonyl (C=O) groups excluding carboxylic acids is 3. The Morgan fingerprint density at radius 1 is 0.587 bits per heavy atom. The first-order valence-electron chi connectivity index (χ1n) is 22.3. The summed E-state index contributed by atoms with van der Waals surface area (Å²) in [4.78, 5) is 36.0. The van der Waals surface area contributed by atoms with Crippen LogP contribution in [0.15, 0.2) is 36.5 Å². The lowest BCUT2D eigenvalue weighted by Crippen LogP contribution is -3.24. The highest BCUT2D eigenvalue weighted by molar-refractivity contribution is 7.81. The van der Waals surface area contributed by atoms with Crippen LogP contribution in [0.3, 0.4) is 0 Å². The third kappa shape index (κ3) is 21.7. The van der Waals surface area contributed by atoms with Crippen molar-refractivity contribution >= 4 is 38.5 Å². The molecule has 6 aliphatic rings. The number of likely N-dealkylation sites (N-methyl/N-ethyl adjacent to an activating group) is 1. The van der Waals surface area contributed by atoms with Crippen molar-refractivity contribution in [1.29, 1.82) is 0 Å². The Kier molecular flexibility index (Phi) is 25.6. The van der Waals surface area contributed by atoms with Crippen LogP contribution in [0, 0.1) is 5.92 Å². The Morgan fingerprint density at radius 2 is 0.921 bits per heavy atom. The number of hydrogen-bond acceptors (Lipinski definition) is 13. The first-order valence-corrected chi connectivity index (χ1v) is 25.0. The van der Waals surface area contributed by atoms with Crippen molar-refractivity contribution in [1.82, 2.24) is 0 Å². The van der Waals surface area contributed by atoms with Gasteiger partial charge in [0.1, 0.15) is 26.2 Å². The van der Waals surface area contributed by atoms with Gasteiger partial charge in [-0.3, -0.25) is 13.2 Å². The molecular weight excluding hydrogens is 878 g/mol. The molecule has 16 nitrogen and oxygen atoms in total. The third-order valence-corrected chi connectivity index (χ3v) is 14.1. The second-order valence-corrected chi connectivity index (χ2v) is 21.0. The van der Waals surface area contributed by atoms with E-state index >= 15 is 0 Å². The molecule has 0 aromatic heterocycles. The molecule has 0 bridgehead atoms. The minimum absolute atomic E-state index is 0. The maximum absolute atomic E-state index is 11.6. The molecule has 3 heterocycles. The number of carbonyl (C=O) groups is 3. The molecule has 0 spiro atoms. The highest BCUT2D eigenvalue weighted by Gasteiger charge is 2.48. The van der Waals surface area contributed by atoms with E-state index < -0.39 is 20.8 Å². The topological polar surface area (TPSA) is 207 Å². The van der Waals surface area contributed by atoms with E-state index in [9.17, 15) is 40.3 Å². The van der Waals surface area contributed by atoms with Crippen LogP contribution >= 0.6 is 0 Å². The zero-order chi connectivity index (χ0) is 46.9. The van der Waals surface area contributed by atoms with Gasteiger partial charge in [0, 0.05) is 17.6 Å². The number of nitrogens with one attached hydrogen (secondary N) is 1. The number of ether oxygens (including phenoxy) is 2. The molecule has 366 valence electrons. The van der Waals surface area contributed by atoms with Crippen molar-refractivity contribution in [2.45, 2.75) is 154 Å². The van der Waals surface area contributed by atoms with Crippen molar-refractivity contribution in [2.24, 2.45) is 5.92 Å². The molecule has 3 saturated heterocycles. The molecule has 0 atom stereocenters. The Balaban J connectivity index is 0.000000416. The standard InChI is InChI=1S/C15H26NO.C14H24NO2.C13H21NO2.2CH4O4S.ClH/c1-12(2)15(17)9-13-10-16(3,11-13)14-7-5-4-6-8-14;1-11(2)14(16)17-13-9-15(3,10-13)12-7-5-4-6-8-12;1-10(2)13(15)16-12-8-14(9-12)11-6-4-3-5-7-11;2*1-5-6(2,3)4;/h13-14H,1,4-11H2,2-3H3;12-13H,1,4-10H2,2-3H3;11-12H,1,3-9H2,2H3;2*1H3,(H,2,3,4);1H/q2*+1;;;;/p-2. The average Bonchev–Trinajstić information content (AvgIpc) is 3.19. The summed E-state index contributed by atoms with van der Waals surface area (Å²) in [5.41, 5.74) is 1.73. The van der Waals surface area contributed by atoms with Gasteiger partial charge in [0.05, 0.1) is 65.4 Å². The second kappa shape index (κ2) is 27.4. The van der Waals surface area contributed by atoms with E-state index in [1.807, 2.05) is 6.92 Å². The number of esters is 2. The highest BCUT2D eigenvalue weighted by Crippen LogP contribution is 2.36. The zero-order valence-electron chi connectivity index (χ0n) is 39.0. The summed E-state index contributed by atoms with van der Waals surface area (Å²) in [6.45, 7) is 22.6. The van der Waals surface area contributed by atoms with E-state index in [1.165, 1.54) is 114 Å². The SMILES string of the molecule is C=C(C)C(=O)CC1C[N+](C)(C2CCCCC2)C1.C=C(C)C(=O)OC1C[N+](C)(C2CCCCC2)C1.C=C(C)C(=O)OC1C[NH+](C2CCCCC2)C1.COS(=O)(=O)[O-].COS(=O)(=O)[O-].[Cl-]. The summed E-state index contributed by atoms with van der Waals surface area (Å²) >= 11 is 0. The fraction of sp³-hybridized carbons (Fsp3) is 0.795. The molecule has 0 radical (unpaired) electrons. The third-order valence-electron chi connectivity index (χ3n) is 13.3. The van der Waals surface area contributed by atoms with E-state index in [0.29, 0.717) is 17.1 Å². The predicted molar refractivity (Wildman–Crippen MR) is 234 cm³/mol. The number of allylic oxidation sites excluding steroid dienone is 1. The van der Waals surface area contributed by atoms with E-state index in [1.54, 1.807) is 18.7 Å². The van der Waals surface area contributed by atoms with Crippen molar-refractivity contribution in [3.05, 3.63) is 36.5 Å². The van der Waals surface area contributed by atoms with Crippen LogP contribution in [-0.2, 0) is 53.0 Å². The van der Waals surface area contributed by atoms with Gasteiger partial charge in [-0.05, 0) is 103 Å². The zero-order valence-corrected chi connectivity index (χ0v) is 41.4. The number of halogens is 1. The summed E-state index contributed by atoms with van der Waals surface area (Å²) in [6.07, 6.45) is 21.7. The number of Topliss-reactive ketones (excluding diaryl/α,β-unsaturated/α-hetero) is 1. The summed E-state index contributed by atoms with van der Waals surface area (Å²) in [6, 6.07) is 2.50. The van der Waals surface area contributed by atoms with Crippen LogP contribution in [0.2, 0.25) is 0 Å². The summed E-state index contributed by atoms with van der Waals surface area (Å²) in [5, 5.41) is 0. The van der Waals surface area contributed by atoms with E-state index in [-0.39, 0.29) is 42.3 Å². The highest BCUT2D eigenvalue weighted by atomic mass is 35.5. The van der Waals surface area contributed by atoms with Gasteiger partial charge in [-0.25, -0.2) is 26.4 Å². The summed E-state index contributed by atoms with van der Waals surface area (Å²) in [7, 11) is -2.52. The van der Waals surface area contributed by atoms with E-state index in [4.69, 9.17) is 9.47 Å². The molecule has 1 N–H and O–H groups in total. The van der Waals surface area contributed by atoms with E-state index in [2.05, 4.69) is 42.2 Å². The van der Waals surface area contributed by atoms with Crippen molar-refractivity contribution < 1.29 is 84.4 Å². The molecule has 3 saturated carbocycles. The van der Waals surface area contributed by atoms with Gasteiger partial charge in [0.15, 0.2) is 18.0 Å². The minimum Gasteiger partial charge on any atom is -1.00 e. The largest absolute Gasteiger partial charge is 1.00 e. The van der Waals surface area contributed by atoms with Crippen molar-refractivity contribution in [3.63, 3.8) is 0 Å². The van der Waals surface area contributed by atoms with Gasteiger partial charge >= 0.3 is 11.9 Å². The van der Waals surface area contributed by atoms with Gasteiger partial charge in [-0.15, -0.1) is 0 Å². The Labute approximate surface area is 385 Å². The monoisotopic (exact) mass is 955 g/mol. The molecule has 19 heteroatoms. The maximum atomic E-state index is 11.6. The summed E-state index contributed by atoms with van der Waals surface area (Å²) < 4.78 is 75.1. The van der Waals surface area contributed by atoms with Crippen LogP contribution in [0.5, 0.6) is 0 Å². The molecule has 3 aliphatic heterocycles. The Hall–Kier alpha value is -2.26. The predicted octanol–water partition coefficient (Wildman–Crippen LogP) is 1.09. The molecule has 0 aromatic carbocycles. The lowest BCUT2D eigenvalue weighted by atomic mass is 9.83. The molecule has 63 heavy (non-hydrogen) atoms. The molecule has 6 fully saturated rings. The fourth-order valence-corrected chi connectivity index (χ4v) is 9.60. The van der Waals surface area contributed by atoms with Gasteiger partial charge < -0.3 is 44.9 Å².